The standard InChI is InChI=1S/C20H26N2O2S.2C2H6/c1-5-12-11-15(25-16(12)13(6-2)19(3,4)24)18(23)21-17-14-7-10-22(14)20(17)8-9-20;2*1-2/h5-6,11,14,17,24H,1,7-10H2,2-4H3,(H,21,23);2*1-2H3/b13-6+;;. The Morgan fingerprint density at radius 2 is 1.97 bits per heavy atom. The summed E-state index contributed by atoms with van der Waals surface area (Å²) in [5, 5.41) is 13.7. The predicted octanol–water partition coefficient (Wildman–Crippen LogP) is 5.34. The number of hydrogen-bond acceptors (Lipinski definition) is 4. The molecule has 5 heteroatoms. The molecule has 0 radical (unpaired) electrons. The van der Waals surface area contributed by atoms with Gasteiger partial charge >= 0.3 is 0 Å². The maximum absolute atomic E-state index is 12.8. The van der Waals surface area contributed by atoms with Crippen molar-refractivity contribution in [1.29, 1.82) is 0 Å². The lowest BCUT2D eigenvalue weighted by atomic mass is 9.75. The zero-order chi connectivity index (χ0) is 22.0. The van der Waals surface area contributed by atoms with Crippen LogP contribution in [0.4, 0.5) is 0 Å². The molecule has 2 N–H and O–H groups in total. The first kappa shape index (κ1) is 23.8. The third-order valence-electron chi connectivity index (χ3n) is 6.05. The van der Waals surface area contributed by atoms with Crippen LogP contribution >= 0.6 is 11.3 Å². The van der Waals surface area contributed by atoms with E-state index in [1.165, 1.54) is 37.1 Å². The molecule has 1 spiro atoms. The Hall–Kier alpha value is -1.43. The normalized spacial score (nSPS) is 23.9. The maximum Gasteiger partial charge on any atom is 0.261 e. The minimum Gasteiger partial charge on any atom is -0.386 e. The molecule has 1 amide bonds. The summed E-state index contributed by atoms with van der Waals surface area (Å²) >= 11 is 1.44. The Morgan fingerprint density at radius 1 is 1.34 bits per heavy atom. The van der Waals surface area contributed by atoms with Gasteiger partial charge in [-0.25, -0.2) is 0 Å². The van der Waals surface area contributed by atoms with Gasteiger partial charge < -0.3 is 10.4 Å². The molecule has 1 aliphatic carbocycles. The van der Waals surface area contributed by atoms with Gasteiger partial charge in [0.15, 0.2) is 0 Å². The molecule has 29 heavy (non-hydrogen) atoms. The molecule has 162 valence electrons. The number of piperidine rings is 1. The van der Waals surface area contributed by atoms with E-state index in [4.69, 9.17) is 0 Å². The second kappa shape index (κ2) is 9.15. The highest BCUT2D eigenvalue weighted by atomic mass is 32.1. The number of thiophene rings is 1. The summed E-state index contributed by atoms with van der Waals surface area (Å²) in [6.07, 6.45) is 7.30. The molecule has 0 bridgehead atoms. The van der Waals surface area contributed by atoms with E-state index < -0.39 is 5.60 Å². The molecule has 3 heterocycles. The van der Waals surface area contributed by atoms with E-state index in [2.05, 4.69) is 16.8 Å². The molecule has 4 nitrogen and oxygen atoms in total. The van der Waals surface area contributed by atoms with E-state index in [0.29, 0.717) is 17.0 Å². The lowest BCUT2D eigenvalue weighted by Crippen LogP contribution is -2.80. The Kier molecular flexibility index (Phi) is 7.52. The predicted molar refractivity (Wildman–Crippen MR) is 125 cm³/mol. The molecule has 0 aromatic carbocycles. The van der Waals surface area contributed by atoms with Gasteiger partial charge in [0.1, 0.15) is 0 Å². The number of amides is 1. The van der Waals surface area contributed by atoms with Crippen molar-refractivity contribution in [3.8, 4) is 0 Å². The average molecular weight is 419 g/mol. The van der Waals surface area contributed by atoms with Gasteiger partial charge in [-0.05, 0) is 57.2 Å². The fourth-order valence-corrected chi connectivity index (χ4v) is 5.87. The number of aliphatic hydroxyl groups is 1. The van der Waals surface area contributed by atoms with E-state index in [0.717, 1.165) is 16.0 Å². The Bertz CT molecular complexity index is 768. The van der Waals surface area contributed by atoms with Gasteiger partial charge in [-0.3, -0.25) is 9.69 Å². The molecule has 2 unspecified atom stereocenters. The van der Waals surface area contributed by atoms with Gasteiger partial charge in [-0.2, -0.15) is 0 Å². The molecule has 3 aliphatic rings. The van der Waals surface area contributed by atoms with Gasteiger partial charge in [0.2, 0.25) is 0 Å². The van der Waals surface area contributed by atoms with E-state index in [1.54, 1.807) is 19.9 Å². The fourth-order valence-electron chi connectivity index (χ4n) is 4.57. The molecule has 2 aliphatic heterocycles. The average Bonchev–Trinajstić information content (AvgIpc) is 3.37. The van der Waals surface area contributed by atoms with Crippen LogP contribution in [0.1, 0.15) is 87.8 Å². The second-order valence-corrected chi connectivity index (χ2v) is 9.02. The molecule has 1 aromatic rings. The number of allylic oxidation sites excluding steroid dienone is 1. The van der Waals surface area contributed by atoms with Crippen molar-refractivity contribution >= 4 is 28.9 Å². The van der Waals surface area contributed by atoms with E-state index in [1.807, 2.05) is 46.8 Å². The summed E-state index contributed by atoms with van der Waals surface area (Å²) in [5.74, 6) is 0.00775. The first-order chi connectivity index (χ1) is 13.8. The van der Waals surface area contributed by atoms with E-state index in [-0.39, 0.29) is 11.4 Å². The second-order valence-electron chi connectivity index (χ2n) is 7.96. The summed E-state index contributed by atoms with van der Waals surface area (Å²) in [6.45, 7) is 18.5. The SMILES string of the molecule is C=Cc1cc(C(=O)NC2C3CCN3C23CC3)sc1/C(=C\C)C(C)(C)O.CC.CC. The van der Waals surface area contributed by atoms with Crippen LogP contribution in [0.3, 0.4) is 0 Å². The molecular weight excluding hydrogens is 380 g/mol. The van der Waals surface area contributed by atoms with Crippen LogP contribution in [-0.4, -0.2) is 45.7 Å². The number of fused-ring (bicyclic) bond motifs is 2. The van der Waals surface area contributed by atoms with Crippen molar-refractivity contribution in [3.05, 3.63) is 34.0 Å². The zero-order valence-electron chi connectivity index (χ0n) is 19.1. The fraction of sp³-hybridized carbons (Fsp3) is 0.625. The number of carbonyl (C=O) groups is 1. The van der Waals surface area contributed by atoms with Gasteiger partial charge in [0.05, 0.1) is 16.5 Å². The van der Waals surface area contributed by atoms with Gasteiger partial charge in [-0.15, -0.1) is 11.3 Å². The smallest absolute Gasteiger partial charge is 0.261 e. The lowest BCUT2D eigenvalue weighted by Gasteiger charge is -2.63. The van der Waals surface area contributed by atoms with Crippen LogP contribution in [0.15, 0.2) is 18.7 Å². The molecule has 1 saturated carbocycles. The third-order valence-corrected chi connectivity index (χ3v) is 7.23. The van der Waals surface area contributed by atoms with Gasteiger partial charge in [-0.1, -0.05) is 46.4 Å². The monoisotopic (exact) mass is 418 g/mol. The van der Waals surface area contributed by atoms with Crippen molar-refractivity contribution in [2.24, 2.45) is 0 Å². The third kappa shape index (κ3) is 4.10. The molecule has 4 rings (SSSR count). The van der Waals surface area contributed by atoms with Crippen molar-refractivity contribution in [3.63, 3.8) is 0 Å². The van der Waals surface area contributed by atoms with Gasteiger partial charge in [0.25, 0.3) is 5.91 Å². The topological polar surface area (TPSA) is 52.6 Å². The Morgan fingerprint density at radius 3 is 2.38 bits per heavy atom. The number of carbonyl (C=O) groups excluding carboxylic acids is 1. The molecule has 2 saturated heterocycles. The van der Waals surface area contributed by atoms with Crippen LogP contribution < -0.4 is 5.32 Å². The van der Waals surface area contributed by atoms with E-state index >= 15 is 0 Å². The van der Waals surface area contributed by atoms with E-state index in [9.17, 15) is 9.90 Å². The zero-order valence-corrected chi connectivity index (χ0v) is 19.9. The van der Waals surface area contributed by atoms with Gasteiger partial charge in [0, 0.05) is 23.0 Å². The Labute approximate surface area is 180 Å². The molecule has 1 aromatic heterocycles. The lowest BCUT2D eigenvalue weighted by molar-refractivity contribution is -0.113. The highest BCUT2D eigenvalue weighted by Crippen LogP contribution is 2.59. The van der Waals surface area contributed by atoms with Crippen LogP contribution in [0.5, 0.6) is 0 Å². The van der Waals surface area contributed by atoms with Crippen LogP contribution in [0, 0.1) is 0 Å². The van der Waals surface area contributed by atoms with Crippen molar-refractivity contribution in [2.75, 3.05) is 6.54 Å². The maximum atomic E-state index is 12.8. The number of rotatable bonds is 5. The molecule has 3 fully saturated rings. The van der Waals surface area contributed by atoms with Crippen LogP contribution in [-0.2, 0) is 0 Å². The highest BCUT2D eigenvalue weighted by molar-refractivity contribution is 7.15. The minimum atomic E-state index is -0.955. The summed E-state index contributed by atoms with van der Waals surface area (Å²) in [4.78, 5) is 17.0. The quantitative estimate of drug-likeness (QED) is 0.679. The van der Waals surface area contributed by atoms with Crippen molar-refractivity contribution in [1.82, 2.24) is 10.2 Å². The summed E-state index contributed by atoms with van der Waals surface area (Å²) in [5.41, 5.74) is 1.06. The highest BCUT2D eigenvalue weighted by Gasteiger charge is 2.70. The molecule has 2 atom stereocenters. The summed E-state index contributed by atoms with van der Waals surface area (Å²) in [7, 11) is 0. The summed E-state index contributed by atoms with van der Waals surface area (Å²) < 4.78 is 0. The number of nitrogens with one attached hydrogen (secondary N) is 1. The number of hydrogen-bond donors (Lipinski definition) is 2. The summed E-state index contributed by atoms with van der Waals surface area (Å²) in [6, 6.07) is 2.75. The first-order valence-electron chi connectivity index (χ1n) is 11.1. The van der Waals surface area contributed by atoms with Crippen LogP contribution in [0.2, 0.25) is 0 Å². The Balaban J connectivity index is 0.000000707. The van der Waals surface area contributed by atoms with Crippen LogP contribution in [0.25, 0.3) is 11.6 Å². The minimum absolute atomic E-state index is 0.00775. The largest absolute Gasteiger partial charge is 0.386 e. The van der Waals surface area contributed by atoms with Crippen molar-refractivity contribution in [2.45, 2.75) is 91.0 Å². The first-order valence-corrected chi connectivity index (χ1v) is 11.9. The van der Waals surface area contributed by atoms with Crippen molar-refractivity contribution < 1.29 is 9.90 Å². The number of nitrogens with zero attached hydrogens (tertiary/aromatic N) is 1. The molecular formula is C24H38N2O2S.